The summed E-state index contributed by atoms with van der Waals surface area (Å²) in [7, 11) is 3.29. The lowest BCUT2D eigenvalue weighted by Crippen LogP contribution is -2.40. The van der Waals surface area contributed by atoms with E-state index in [4.69, 9.17) is 14.0 Å². The Bertz CT molecular complexity index is 431. The van der Waals surface area contributed by atoms with E-state index in [-0.39, 0.29) is 25.3 Å². The van der Waals surface area contributed by atoms with E-state index in [1.807, 2.05) is 0 Å². The van der Waals surface area contributed by atoms with Crippen LogP contribution in [0, 0.1) is 0 Å². The summed E-state index contributed by atoms with van der Waals surface area (Å²) in [6.45, 7) is 1.86. The van der Waals surface area contributed by atoms with E-state index in [0.717, 1.165) is 19.4 Å². The van der Waals surface area contributed by atoms with Crippen molar-refractivity contribution in [2.45, 2.75) is 32.1 Å². The minimum Gasteiger partial charge on any atom is -0.377 e. The number of carbonyl (C=O) groups excluding carboxylic acids is 1. The number of nitrogens with zero attached hydrogens (tertiary/aromatic N) is 3. The normalized spacial score (nSPS) is 18.2. The summed E-state index contributed by atoms with van der Waals surface area (Å²) in [6.07, 6.45) is 2.20. The lowest BCUT2D eigenvalue weighted by Gasteiger charge is -2.20. The fourth-order valence-corrected chi connectivity index (χ4v) is 2.01. The van der Waals surface area contributed by atoms with Gasteiger partial charge in [-0.15, -0.1) is 0 Å². The molecule has 8 heteroatoms. The average molecular weight is 284 g/mol. The molecule has 0 saturated carbocycles. The van der Waals surface area contributed by atoms with Crippen molar-refractivity contribution in [3.05, 3.63) is 11.7 Å². The molecule has 0 unspecified atom stereocenters. The van der Waals surface area contributed by atoms with Gasteiger partial charge in [-0.25, -0.2) is 4.79 Å². The third-order valence-electron chi connectivity index (χ3n) is 3.02. The first kappa shape index (κ1) is 14.7. The molecule has 1 fully saturated rings. The molecule has 2 heterocycles. The van der Waals surface area contributed by atoms with Crippen LogP contribution in [0.15, 0.2) is 4.52 Å². The maximum absolute atomic E-state index is 11.9. The Balaban J connectivity index is 1.72. The SMILES string of the molecule is COCc1noc(CNC(=O)N(C)C[C@H]2CCCO2)n1. The van der Waals surface area contributed by atoms with Gasteiger partial charge in [-0.2, -0.15) is 4.98 Å². The van der Waals surface area contributed by atoms with Gasteiger partial charge < -0.3 is 24.2 Å². The van der Waals surface area contributed by atoms with Crippen LogP contribution in [-0.4, -0.2) is 54.5 Å². The van der Waals surface area contributed by atoms with Gasteiger partial charge in [0.15, 0.2) is 5.82 Å². The number of rotatable bonds is 6. The van der Waals surface area contributed by atoms with Gasteiger partial charge in [-0.3, -0.25) is 0 Å². The van der Waals surface area contributed by atoms with E-state index in [1.165, 1.54) is 0 Å². The second kappa shape index (κ2) is 7.20. The molecule has 1 N–H and O–H groups in total. The number of hydrogen-bond donors (Lipinski definition) is 1. The van der Waals surface area contributed by atoms with Crippen molar-refractivity contribution < 1.29 is 18.8 Å². The van der Waals surface area contributed by atoms with Gasteiger partial charge in [-0.1, -0.05) is 5.16 Å². The van der Waals surface area contributed by atoms with Gasteiger partial charge in [0.2, 0.25) is 5.89 Å². The molecule has 1 aliphatic heterocycles. The highest BCUT2D eigenvalue weighted by Crippen LogP contribution is 2.12. The lowest BCUT2D eigenvalue weighted by molar-refractivity contribution is 0.0873. The van der Waals surface area contributed by atoms with Gasteiger partial charge in [-0.05, 0) is 12.8 Å². The molecule has 20 heavy (non-hydrogen) atoms. The standard InChI is InChI=1S/C12H20N4O4/c1-16(7-9-4-3-5-19-9)12(17)13-6-11-14-10(8-18-2)15-20-11/h9H,3-8H2,1-2H3,(H,13,17)/t9-/m1/s1. The Morgan fingerprint density at radius 3 is 3.15 bits per heavy atom. The Kier molecular flexibility index (Phi) is 5.31. The van der Waals surface area contributed by atoms with Gasteiger partial charge in [0.05, 0.1) is 12.6 Å². The zero-order valence-corrected chi connectivity index (χ0v) is 11.8. The molecule has 0 aromatic carbocycles. The summed E-state index contributed by atoms with van der Waals surface area (Å²) in [6, 6.07) is -0.188. The number of likely N-dealkylation sites (N-methyl/N-ethyl adjacent to an activating group) is 1. The molecule has 0 bridgehead atoms. The molecular formula is C12H20N4O4. The number of nitrogens with one attached hydrogen (secondary N) is 1. The van der Waals surface area contributed by atoms with Crippen molar-refractivity contribution in [1.29, 1.82) is 0 Å². The van der Waals surface area contributed by atoms with E-state index in [1.54, 1.807) is 19.1 Å². The first-order chi connectivity index (χ1) is 9.69. The first-order valence-corrected chi connectivity index (χ1v) is 6.60. The maximum Gasteiger partial charge on any atom is 0.317 e. The molecule has 0 spiro atoms. The number of hydrogen-bond acceptors (Lipinski definition) is 6. The fraction of sp³-hybridized carbons (Fsp3) is 0.750. The van der Waals surface area contributed by atoms with Crippen LogP contribution in [0.2, 0.25) is 0 Å². The second-order valence-electron chi connectivity index (χ2n) is 4.71. The van der Waals surface area contributed by atoms with Crippen LogP contribution in [-0.2, 0) is 22.6 Å². The van der Waals surface area contributed by atoms with E-state index < -0.39 is 0 Å². The summed E-state index contributed by atoms with van der Waals surface area (Å²) in [5, 5.41) is 6.44. The topological polar surface area (TPSA) is 89.7 Å². The smallest absolute Gasteiger partial charge is 0.317 e. The van der Waals surface area contributed by atoms with Gasteiger partial charge in [0, 0.05) is 27.3 Å². The van der Waals surface area contributed by atoms with E-state index >= 15 is 0 Å². The largest absolute Gasteiger partial charge is 0.377 e. The zero-order valence-electron chi connectivity index (χ0n) is 11.8. The van der Waals surface area contributed by atoms with Crippen LogP contribution in [0.3, 0.4) is 0 Å². The number of amides is 2. The quantitative estimate of drug-likeness (QED) is 0.820. The molecule has 1 aliphatic rings. The molecule has 112 valence electrons. The molecule has 1 aromatic heterocycles. The van der Waals surface area contributed by atoms with Crippen molar-refractivity contribution in [1.82, 2.24) is 20.4 Å². The molecule has 0 radical (unpaired) electrons. The number of methoxy groups -OCH3 is 1. The molecule has 2 rings (SSSR count). The van der Waals surface area contributed by atoms with Crippen LogP contribution < -0.4 is 5.32 Å². The summed E-state index contributed by atoms with van der Waals surface area (Å²) in [5.74, 6) is 0.820. The van der Waals surface area contributed by atoms with Gasteiger partial charge in [0.25, 0.3) is 0 Å². The molecule has 1 saturated heterocycles. The van der Waals surface area contributed by atoms with Crippen molar-refractivity contribution in [3.63, 3.8) is 0 Å². The van der Waals surface area contributed by atoms with Gasteiger partial charge in [0.1, 0.15) is 6.61 Å². The Labute approximate surface area is 117 Å². The van der Waals surface area contributed by atoms with Crippen LogP contribution in [0.4, 0.5) is 4.79 Å². The predicted molar refractivity (Wildman–Crippen MR) is 68.9 cm³/mol. The summed E-state index contributed by atoms with van der Waals surface area (Å²) in [4.78, 5) is 17.6. The average Bonchev–Trinajstić information content (AvgIpc) is 3.08. The van der Waals surface area contributed by atoms with Crippen LogP contribution in [0.1, 0.15) is 24.6 Å². The zero-order chi connectivity index (χ0) is 14.4. The number of ether oxygens (including phenoxy) is 2. The first-order valence-electron chi connectivity index (χ1n) is 6.60. The van der Waals surface area contributed by atoms with Crippen LogP contribution >= 0.6 is 0 Å². The van der Waals surface area contributed by atoms with Crippen molar-refractivity contribution in [3.8, 4) is 0 Å². The van der Waals surface area contributed by atoms with Crippen LogP contribution in [0.25, 0.3) is 0 Å². The summed E-state index contributed by atoms with van der Waals surface area (Å²) < 4.78 is 15.4. The molecule has 1 atom stereocenters. The molecule has 2 amide bonds. The number of aromatic nitrogens is 2. The third kappa shape index (κ3) is 4.17. The fourth-order valence-electron chi connectivity index (χ4n) is 2.01. The number of urea groups is 1. The van der Waals surface area contributed by atoms with Crippen molar-refractivity contribution >= 4 is 6.03 Å². The van der Waals surface area contributed by atoms with E-state index in [9.17, 15) is 4.79 Å². The molecular weight excluding hydrogens is 264 g/mol. The Hall–Kier alpha value is -1.67. The van der Waals surface area contributed by atoms with Crippen molar-refractivity contribution in [2.75, 3.05) is 27.3 Å². The van der Waals surface area contributed by atoms with E-state index in [0.29, 0.717) is 18.3 Å². The molecule has 1 aromatic rings. The van der Waals surface area contributed by atoms with Crippen LogP contribution in [0.5, 0.6) is 0 Å². The van der Waals surface area contributed by atoms with Gasteiger partial charge >= 0.3 is 6.03 Å². The molecule has 8 nitrogen and oxygen atoms in total. The Morgan fingerprint density at radius 1 is 1.60 bits per heavy atom. The maximum atomic E-state index is 11.9. The lowest BCUT2D eigenvalue weighted by atomic mass is 10.2. The number of carbonyl (C=O) groups is 1. The predicted octanol–water partition coefficient (Wildman–Crippen LogP) is 0.536. The summed E-state index contributed by atoms with van der Waals surface area (Å²) in [5.41, 5.74) is 0. The Morgan fingerprint density at radius 2 is 2.45 bits per heavy atom. The monoisotopic (exact) mass is 284 g/mol. The highest BCUT2D eigenvalue weighted by molar-refractivity contribution is 5.73. The molecule has 0 aliphatic carbocycles. The minimum atomic E-state index is -0.188. The summed E-state index contributed by atoms with van der Waals surface area (Å²) >= 11 is 0. The second-order valence-corrected chi connectivity index (χ2v) is 4.71. The third-order valence-corrected chi connectivity index (χ3v) is 3.02. The van der Waals surface area contributed by atoms with E-state index in [2.05, 4.69) is 15.5 Å². The van der Waals surface area contributed by atoms with Crippen molar-refractivity contribution in [2.24, 2.45) is 0 Å². The highest BCUT2D eigenvalue weighted by atomic mass is 16.5. The minimum absolute atomic E-state index is 0.141. The highest BCUT2D eigenvalue weighted by Gasteiger charge is 2.20.